The first kappa shape index (κ1) is 15.6. The van der Waals surface area contributed by atoms with Crippen LogP contribution in [0.1, 0.15) is 31.9 Å². The highest BCUT2D eigenvalue weighted by molar-refractivity contribution is 5.80. The number of likely N-dealkylation sites (tertiary alicyclic amines) is 1. The number of hydrogen-bond acceptors (Lipinski definition) is 4. The first-order chi connectivity index (χ1) is 9.96. The van der Waals surface area contributed by atoms with Crippen molar-refractivity contribution in [3.63, 3.8) is 0 Å². The predicted molar refractivity (Wildman–Crippen MR) is 81.4 cm³/mol. The summed E-state index contributed by atoms with van der Waals surface area (Å²) in [6.07, 6.45) is 0.386. The van der Waals surface area contributed by atoms with Crippen LogP contribution >= 0.6 is 0 Å². The molecular weight excluding hydrogens is 268 g/mol. The van der Waals surface area contributed by atoms with Gasteiger partial charge in [-0.25, -0.2) is 0 Å². The SMILES string of the molecule is COc1cc(OC)cc(C2C(N)CC(=O)N2CC(C)C)c1. The molecule has 1 aliphatic rings. The Morgan fingerprint density at radius 2 is 1.81 bits per heavy atom. The molecule has 2 N–H and O–H groups in total. The summed E-state index contributed by atoms with van der Waals surface area (Å²) in [6.45, 7) is 4.90. The molecule has 0 aromatic heterocycles. The zero-order valence-electron chi connectivity index (χ0n) is 13.1. The smallest absolute Gasteiger partial charge is 0.224 e. The molecule has 0 saturated carbocycles. The van der Waals surface area contributed by atoms with Crippen LogP contribution in [0, 0.1) is 5.92 Å². The third kappa shape index (κ3) is 3.29. The first-order valence-electron chi connectivity index (χ1n) is 7.24. The maximum Gasteiger partial charge on any atom is 0.224 e. The van der Waals surface area contributed by atoms with E-state index in [4.69, 9.17) is 15.2 Å². The highest BCUT2D eigenvalue weighted by Crippen LogP contribution is 2.36. The van der Waals surface area contributed by atoms with Crippen LogP contribution in [0.15, 0.2) is 18.2 Å². The molecule has 1 aliphatic heterocycles. The quantitative estimate of drug-likeness (QED) is 0.901. The van der Waals surface area contributed by atoms with E-state index in [-0.39, 0.29) is 18.0 Å². The van der Waals surface area contributed by atoms with E-state index in [1.807, 2.05) is 23.1 Å². The zero-order valence-corrected chi connectivity index (χ0v) is 13.1. The third-order valence-corrected chi connectivity index (χ3v) is 3.75. The molecule has 0 radical (unpaired) electrons. The van der Waals surface area contributed by atoms with Crippen molar-refractivity contribution in [3.05, 3.63) is 23.8 Å². The Balaban J connectivity index is 2.39. The predicted octanol–water partition coefficient (Wildman–Crippen LogP) is 1.96. The standard InChI is InChI=1S/C16H24N2O3/c1-10(2)9-18-15(19)8-14(17)16(18)11-5-12(20-3)7-13(6-11)21-4/h5-7,10,14,16H,8-9,17H2,1-4H3. The highest BCUT2D eigenvalue weighted by atomic mass is 16.5. The summed E-state index contributed by atoms with van der Waals surface area (Å²) in [5.74, 6) is 1.93. The number of carbonyl (C=O) groups excluding carboxylic acids is 1. The number of rotatable bonds is 5. The molecule has 5 nitrogen and oxygen atoms in total. The van der Waals surface area contributed by atoms with E-state index in [9.17, 15) is 4.79 Å². The molecule has 116 valence electrons. The summed E-state index contributed by atoms with van der Waals surface area (Å²) in [7, 11) is 3.23. The van der Waals surface area contributed by atoms with Crippen molar-refractivity contribution in [3.8, 4) is 11.5 Å². The van der Waals surface area contributed by atoms with Gasteiger partial charge in [-0.1, -0.05) is 13.8 Å². The molecule has 0 bridgehead atoms. The van der Waals surface area contributed by atoms with Crippen LogP contribution in [0.5, 0.6) is 11.5 Å². The lowest BCUT2D eigenvalue weighted by molar-refractivity contribution is -0.129. The van der Waals surface area contributed by atoms with Gasteiger partial charge < -0.3 is 20.1 Å². The highest BCUT2D eigenvalue weighted by Gasteiger charge is 2.39. The van der Waals surface area contributed by atoms with Crippen LogP contribution in [0.3, 0.4) is 0 Å². The van der Waals surface area contributed by atoms with E-state index in [1.165, 1.54) is 0 Å². The second-order valence-corrected chi connectivity index (χ2v) is 5.90. The second kappa shape index (κ2) is 6.35. The van der Waals surface area contributed by atoms with Crippen LogP contribution in [-0.4, -0.2) is 37.6 Å². The normalized spacial score (nSPS) is 22.0. The number of benzene rings is 1. The Kier molecular flexibility index (Phi) is 4.73. The van der Waals surface area contributed by atoms with E-state index in [0.29, 0.717) is 30.4 Å². The van der Waals surface area contributed by atoms with Gasteiger partial charge in [-0.3, -0.25) is 4.79 Å². The topological polar surface area (TPSA) is 64.8 Å². The zero-order chi connectivity index (χ0) is 15.6. The fourth-order valence-electron chi connectivity index (χ4n) is 2.85. The molecule has 2 unspecified atom stereocenters. The van der Waals surface area contributed by atoms with E-state index in [0.717, 1.165) is 5.56 Å². The van der Waals surface area contributed by atoms with E-state index < -0.39 is 0 Å². The van der Waals surface area contributed by atoms with E-state index in [1.54, 1.807) is 14.2 Å². The molecule has 2 rings (SSSR count). The average molecular weight is 292 g/mol. The Morgan fingerprint density at radius 3 is 2.29 bits per heavy atom. The summed E-state index contributed by atoms with van der Waals surface area (Å²) < 4.78 is 10.6. The molecule has 1 aromatic rings. The van der Waals surface area contributed by atoms with Crippen LogP contribution in [-0.2, 0) is 4.79 Å². The lowest BCUT2D eigenvalue weighted by Crippen LogP contribution is -2.35. The monoisotopic (exact) mass is 292 g/mol. The number of amides is 1. The van der Waals surface area contributed by atoms with Crippen molar-refractivity contribution < 1.29 is 14.3 Å². The summed E-state index contributed by atoms with van der Waals surface area (Å²) in [5, 5.41) is 0. The van der Waals surface area contributed by atoms with E-state index in [2.05, 4.69) is 13.8 Å². The number of ether oxygens (including phenoxy) is 2. The molecule has 2 atom stereocenters. The molecule has 21 heavy (non-hydrogen) atoms. The maximum atomic E-state index is 12.2. The van der Waals surface area contributed by atoms with Gasteiger partial charge in [-0.05, 0) is 23.6 Å². The Hall–Kier alpha value is -1.75. The molecule has 1 heterocycles. The Bertz CT molecular complexity index is 494. The van der Waals surface area contributed by atoms with Gasteiger partial charge in [0, 0.05) is 25.1 Å². The Labute approximate surface area is 126 Å². The van der Waals surface area contributed by atoms with Crippen molar-refractivity contribution in [2.45, 2.75) is 32.4 Å². The number of nitrogens with two attached hydrogens (primary N) is 1. The summed E-state index contributed by atoms with van der Waals surface area (Å²) >= 11 is 0. The summed E-state index contributed by atoms with van der Waals surface area (Å²) in [6, 6.07) is 5.35. The summed E-state index contributed by atoms with van der Waals surface area (Å²) in [4.78, 5) is 14.1. The molecule has 0 spiro atoms. The molecule has 1 aromatic carbocycles. The first-order valence-corrected chi connectivity index (χ1v) is 7.24. The van der Waals surface area contributed by atoms with Crippen molar-refractivity contribution >= 4 is 5.91 Å². The van der Waals surface area contributed by atoms with Gasteiger partial charge in [0.05, 0.1) is 20.3 Å². The molecule has 0 aliphatic carbocycles. The number of hydrogen-bond donors (Lipinski definition) is 1. The largest absolute Gasteiger partial charge is 0.497 e. The van der Waals surface area contributed by atoms with Crippen LogP contribution in [0.25, 0.3) is 0 Å². The van der Waals surface area contributed by atoms with Gasteiger partial charge in [-0.2, -0.15) is 0 Å². The molecular formula is C16H24N2O3. The average Bonchev–Trinajstić information content (AvgIpc) is 2.72. The second-order valence-electron chi connectivity index (χ2n) is 5.90. The minimum atomic E-state index is -0.201. The van der Waals surface area contributed by atoms with Gasteiger partial charge in [-0.15, -0.1) is 0 Å². The molecule has 1 fully saturated rings. The summed E-state index contributed by atoms with van der Waals surface area (Å²) in [5.41, 5.74) is 7.17. The van der Waals surface area contributed by atoms with Gasteiger partial charge in [0.1, 0.15) is 11.5 Å². The number of carbonyl (C=O) groups is 1. The lowest BCUT2D eigenvalue weighted by Gasteiger charge is -2.29. The fourth-order valence-corrected chi connectivity index (χ4v) is 2.85. The third-order valence-electron chi connectivity index (χ3n) is 3.75. The lowest BCUT2D eigenvalue weighted by atomic mass is 9.99. The van der Waals surface area contributed by atoms with Gasteiger partial charge >= 0.3 is 0 Å². The number of nitrogens with zero attached hydrogens (tertiary/aromatic N) is 1. The molecule has 5 heteroatoms. The van der Waals surface area contributed by atoms with Crippen LogP contribution in [0.4, 0.5) is 0 Å². The van der Waals surface area contributed by atoms with Crippen LogP contribution < -0.4 is 15.2 Å². The maximum absolute atomic E-state index is 12.2. The van der Waals surface area contributed by atoms with Crippen molar-refractivity contribution in [2.24, 2.45) is 11.7 Å². The molecule has 1 saturated heterocycles. The Morgan fingerprint density at radius 1 is 1.24 bits per heavy atom. The minimum Gasteiger partial charge on any atom is -0.497 e. The minimum absolute atomic E-state index is 0.114. The van der Waals surface area contributed by atoms with Gasteiger partial charge in [0.15, 0.2) is 0 Å². The van der Waals surface area contributed by atoms with Crippen LogP contribution in [0.2, 0.25) is 0 Å². The van der Waals surface area contributed by atoms with E-state index >= 15 is 0 Å². The van der Waals surface area contributed by atoms with Crippen molar-refractivity contribution in [2.75, 3.05) is 20.8 Å². The number of methoxy groups -OCH3 is 2. The van der Waals surface area contributed by atoms with Gasteiger partial charge in [0.25, 0.3) is 0 Å². The fraction of sp³-hybridized carbons (Fsp3) is 0.562. The molecule has 1 amide bonds. The van der Waals surface area contributed by atoms with Crippen molar-refractivity contribution in [1.29, 1.82) is 0 Å². The van der Waals surface area contributed by atoms with Gasteiger partial charge in [0.2, 0.25) is 5.91 Å². The van der Waals surface area contributed by atoms with Crippen molar-refractivity contribution in [1.82, 2.24) is 4.90 Å².